The second-order valence-electron chi connectivity index (χ2n) is 4.30. The van der Waals surface area contributed by atoms with Crippen molar-refractivity contribution in [3.63, 3.8) is 0 Å². The average Bonchev–Trinajstić information content (AvgIpc) is 3.08. The molecule has 0 aromatic carbocycles. The summed E-state index contributed by atoms with van der Waals surface area (Å²) in [6.07, 6.45) is 2.22. The lowest BCUT2D eigenvalue weighted by atomic mass is 10.2. The van der Waals surface area contributed by atoms with Crippen molar-refractivity contribution in [2.24, 2.45) is 0 Å². The molecule has 0 bridgehead atoms. The Morgan fingerprint density at radius 3 is 1.78 bits per heavy atom. The van der Waals surface area contributed by atoms with E-state index in [0.29, 0.717) is 0 Å². The number of nitrogens with one attached hydrogen (secondary N) is 2. The molecule has 0 saturated heterocycles. The summed E-state index contributed by atoms with van der Waals surface area (Å²) in [7, 11) is 0. The van der Waals surface area contributed by atoms with Crippen LogP contribution in [0.3, 0.4) is 0 Å². The molecule has 2 aromatic rings. The van der Waals surface area contributed by atoms with Crippen LogP contribution in [0.25, 0.3) is 0 Å². The van der Waals surface area contributed by atoms with Crippen LogP contribution in [0.4, 0.5) is 0 Å². The maximum Gasteiger partial charge on any atom is 0.0798 e. The molecule has 0 fully saturated rings. The van der Waals surface area contributed by atoms with Crippen LogP contribution in [0.1, 0.15) is 21.1 Å². The van der Waals surface area contributed by atoms with Crippen molar-refractivity contribution in [1.29, 1.82) is 0 Å². The first-order valence-electron chi connectivity index (χ1n) is 6.17. The van der Waals surface area contributed by atoms with Gasteiger partial charge in [-0.2, -0.15) is 0 Å². The van der Waals surface area contributed by atoms with Crippen LogP contribution in [-0.2, 0) is 25.9 Å². The van der Waals surface area contributed by atoms with E-state index in [1.165, 1.54) is 21.1 Å². The minimum absolute atomic E-state index is 1.03. The molecule has 2 aliphatic rings. The van der Waals surface area contributed by atoms with Crippen LogP contribution >= 0.6 is 22.7 Å². The van der Waals surface area contributed by atoms with Crippen LogP contribution in [0.15, 0.2) is 11.0 Å². The second kappa shape index (κ2) is 5.88. The molecular formula is C12H16N4S2. The zero-order chi connectivity index (χ0) is 12.2. The minimum atomic E-state index is 1.03. The third-order valence-electron chi connectivity index (χ3n) is 3.10. The molecule has 0 unspecified atom stereocenters. The molecule has 2 N–H and O–H groups in total. The summed E-state index contributed by atoms with van der Waals surface area (Å²) in [5.74, 6) is 0. The average molecular weight is 280 g/mol. The molecule has 6 heteroatoms. The fourth-order valence-electron chi connectivity index (χ4n) is 2.10. The highest BCUT2D eigenvalue weighted by molar-refractivity contribution is 7.10. The van der Waals surface area contributed by atoms with Gasteiger partial charge < -0.3 is 10.6 Å². The van der Waals surface area contributed by atoms with Crippen molar-refractivity contribution in [2.45, 2.75) is 25.9 Å². The van der Waals surface area contributed by atoms with E-state index in [4.69, 9.17) is 0 Å². The summed E-state index contributed by atoms with van der Waals surface area (Å²) in [6.45, 7) is 4.24. The third kappa shape index (κ3) is 2.77. The highest BCUT2D eigenvalue weighted by Crippen LogP contribution is 2.16. The standard InChI is InChI=1S/2C6H8N2S/c2*1-2-7-3-6-5(1)8-4-9-6/h2*4,7H,1-3H2. The summed E-state index contributed by atoms with van der Waals surface area (Å²) < 4.78 is 0. The molecule has 18 heavy (non-hydrogen) atoms. The minimum Gasteiger partial charge on any atom is -0.311 e. The van der Waals surface area contributed by atoms with Gasteiger partial charge in [-0.15, -0.1) is 22.7 Å². The van der Waals surface area contributed by atoms with Gasteiger partial charge in [-0.05, 0) is 0 Å². The highest BCUT2D eigenvalue weighted by atomic mass is 32.1. The Bertz CT molecular complexity index is 418. The Kier molecular flexibility index (Phi) is 3.99. The molecule has 0 amide bonds. The van der Waals surface area contributed by atoms with Crippen LogP contribution in [0.5, 0.6) is 0 Å². The molecule has 4 rings (SSSR count). The molecule has 0 radical (unpaired) electrons. The maximum absolute atomic E-state index is 4.24. The Labute approximate surface area is 114 Å². The van der Waals surface area contributed by atoms with E-state index in [1.807, 2.05) is 11.0 Å². The van der Waals surface area contributed by atoms with Crippen molar-refractivity contribution in [3.05, 3.63) is 32.2 Å². The Morgan fingerprint density at radius 2 is 1.33 bits per heavy atom. The van der Waals surface area contributed by atoms with Crippen LogP contribution in [-0.4, -0.2) is 23.1 Å². The van der Waals surface area contributed by atoms with Gasteiger partial charge in [0.2, 0.25) is 0 Å². The van der Waals surface area contributed by atoms with Crippen LogP contribution in [0.2, 0.25) is 0 Å². The lowest BCUT2D eigenvalue weighted by Gasteiger charge is -2.09. The molecule has 2 aromatic heterocycles. The molecule has 0 spiro atoms. The summed E-state index contributed by atoms with van der Waals surface area (Å²) in [5, 5.41) is 6.59. The van der Waals surface area contributed by atoms with E-state index < -0.39 is 0 Å². The summed E-state index contributed by atoms with van der Waals surface area (Å²) in [6, 6.07) is 0. The van der Waals surface area contributed by atoms with E-state index in [2.05, 4.69) is 20.6 Å². The van der Waals surface area contributed by atoms with Crippen molar-refractivity contribution in [2.75, 3.05) is 13.1 Å². The van der Waals surface area contributed by atoms with E-state index >= 15 is 0 Å². The van der Waals surface area contributed by atoms with Gasteiger partial charge in [-0.25, -0.2) is 9.97 Å². The van der Waals surface area contributed by atoms with Gasteiger partial charge in [-0.3, -0.25) is 0 Å². The number of hydrogen-bond donors (Lipinski definition) is 2. The number of aromatic nitrogens is 2. The Balaban J connectivity index is 0.000000111. The number of thiazole rings is 2. The number of rotatable bonds is 0. The molecule has 4 heterocycles. The SMILES string of the molecule is c1nc2c(s1)CNCC2.c1nc2c(s1)CNCC2. The molecule has 2 aliphatic heterocycles. The number of nitrogens with zero attached hydrogens (tertiary/aromatic N) is 2. The van der Waals surface area contributed by atoms with E-state index in [9.17, 15) is 0 Å². The van der Waals surface area contributed by atoms with Gasteiger partial charge >= 0.3 is 0 Å². The summed E-state index contributed by atoms with van der Waals surface area (Å²) in [4.78, 5) is 11.3. The Morgan fingerprint density at radius 1 is 0.833 bits per heavy atom. The van der Waals surface area contributed by atoms with Gasteiger partial charge in [0.1, 0.15) is 0 Å². The Hall–Kier alpha value is -0.820. The second-order valence-corrected chi connectivity index (χ2v) is 6.18. The molecule has 0 aliphatic carbocycles. The molecular weight excluding hydrogens is 264 g/mol. The van der Waals surface area contributed by atoms with E-state index in [0.717, 1.165) is 39.0 Å². The van der Waals surface area contributed by atoms with Gasteiger partial charge in [0.15, 0.2) is 0 Å². The van der Waals surface area contributed by atoms with Gasteiger partial charge in [0, 0.05) is 48.8 Å². The maximum atomic E-state index is 4.24. The lowest BCUT2D eigenvalue weighted by molar-refractivity contribution is 0.644. The van der Waals surface area contributed by atoms with Crippen LogP contribution in [0, 0.1) is 0 Å². The van der Waals surface area contributed by atoms with Crippen molar-refractivity contribution in [1.82, 2.24) is 20.6 Å². The van der Waals surface area contributed by atoms with E-state index in [-0.39, 0.29) is 0 Å². The normalized spacial score (nSPS) is 17.3. The largest absolute Gasteiger partial charge is 0.311 e. The first kappa shape index (κ1) is 12.2. The van der Waals surface area contributed by atoms with Crippen LogP contribution < -0.4 is 10.6 Å². The molecule has 0 saturated carbocycles. The zero-order valence-corrected chi connectivity index (χ0v) is 11.7. The predicted molar refractivity (Wildman–Crippen MR) is 75.0 cm³/mol. The first-order valence-corrected chi connectivity index (χ1v) is 7.93. The zero-order valence-electron chi connectivity index (χ0n) is 10.1. The van der Waals surface area contributed by atoms with Gasteiger partial charge in [-0.1, -0.05) is 0 Å². The monoisotopic (exact) mass is 280 g/mol. The fourth-order valence-corrected chi connectivity index (χ4v) is 3.67. The third-order valence-corrected chi connectivity index (χ3v) is 4.85. The first-order chi connectivity index (χ1) is 8.93. The quantitative estimate of drug-likeness (QED) is 0.769. The smallest absolute Gasteiger partial charge is 0.0798 e. The predicted octanol–water partition coefficient (Wildman–Crippen LogP) is 1.58. The van der Waals surface area contributed by atoms with Crippen molar-refractivity contribution in [3.8, 4) is 0 Å². The van der Waals surface area contributed by atoms with Crippen molar-refractivity contribution < 1.29 is 0 Å². The highest BCUT2D eigenvalue weighted by Gasteiger charge is 2.10. The summed E-state index contributed by atoms with van der Waals surface area (Å²) >= 11 is 3.50. The van der Waals surface area contributed by atoms with Crippen molar-refractivity contribution >= 4 is 22.7 Å². The van der Waals surface area contributed by atoms with E-state index in [1.54, 1.807) is 22.7 Å². The lowest BCUT2D eigenvalue weighted by Crippen LogP contribution is -2.22. The topological polar surface area (TPSA) is 49.8 Å². The molecule has 0 atom stereocenters. The number of hydrogen-bond acceptors (Lipinski definition) is 6. The molecule has 96 valence electrons. The summed E-state index contributed by atoms with van der Waals surface area (Å²) in [5.41, 5.74) is 6.47. The fraction of sp³-hybridized carbons (Fsp3) is 0.500. The molecule has 4 nitrogen and oxygen atoms in total. The van der Waals surface area contributed by atoms with Gasteiger partial charge in [0.05, 0.1) is 22.4 Å². The van der Waals surface area contributed by atoms with Gasteiger partial charge in [0.25, 0.3) is 0 Å². The number of fused-ring (bicyclic) bond motifs is 2.